The van der Waals surface area contributed by atoms with E-state index in [9.17, 15) is 4.79 Å². The van der Waals surface area contributed by atoms with E-state index >= 15 is 0 Å². The highest BCUT2D eigenvalue weighted by molar-refractivity contribution is 7.98. The Morgan fingerprint density at radius 3 is 2.26 bits per heavy atom. The van der Waals surface area contributed by atoms with Gasteiger partial charge in [-0.2, -0.15) is 0 Å². The van der Waals surface area contributed by atoms with Gasteiger partial charge in [0.05, 0.1) is 18.4 Å². The standard InChI is InChI=1S/C25H21Cl2N3O2S2/c1-32-24(31)18-12-10-17(11-13-18)14-34-25-29-28-23(30(25)19-6-3-2-4-7-19)16-33-15-20-21(26)8-5-9-22(20)27/h2-13H,14-16H2,1H3. The maximum Gasteiger partial charge on any atom is 0.337 e. The number of aromatic nitrogens is 3. The highest BCUT2D eigenvalue weighted by Crippen LogP contribution is 2.31. The number of ether oxygens (including phenoxy) is 1. The van der Waals surface area contributed by atoms with Gasteiger partial charge in [-0.15, -0.1) is 22.0 Å². The minimum Gasteiger partial charge on any atom is -0.465 e. The Labute approximate surface area is 216 Å². The van der Waals surface area contributed by atoms with Crippen molar-refractivity contribution in [3.05, 3.63) is 105 Å². The zero-order chi connectivity index (χ0) is 23.9. The summed E-state index contributed by atoms with van der Waals surface area (Å²) in [7, 11) is 1.38. The number of hydrogen-bond donors (Lipinski definition) is 0. The first-order valence-corrected chi connectivity index (χ1v) is 13.3. The van der Waals surface area contributed by atoms with Crippen LogP contribution in [0.2, 0.25) is 10.0 Å². The van der Waals surface area contributed by atoms with Crippen molar-refractivity contribution in [2.45, 2.75) is 22.4 Å². The number of esters is 1. The molecular formula is C25H21Cl2N3O2S2. The van der Waals surface area contributed by atoms with Crippen LogP contribution in [0.5, 0.6) is 0 Å². The fraction of sp³-hybridized carbons (Fsp3) is 0.160. The smallest absolute Gasteiger partial charge is 0.337 e. The third kappa shape index (κ3) is 5.96. The Morgan fingerprint density at radius 1 is 0.882 bits per heavy atom. The Kier molecular flexibility index (Phi) is 8.56. The molecule has 0 aliphatic carbocycles. The lowest BCUT2D eigenvalue weighted by atomic mass is 10.1. The molecular weight excluding hydrogens is 509 g/mol. The van der Waals surface area contributed by atoms with Crippen LogP contribution in [0.15, 0.2) is 78.0 Å². The molecule has 0 aliphatic rings. The lowest BCUT2D eigenvalue weighted by Crippen LogP contribution is -2.02. The van der Waals surface area contributed by atoms with Gasteiger partial charge in [-0.05, 0) is 47.5 Å². The van der Waals surface area contributed by atoms with E-state index in [0.29, 0.717) is 32.9 Å². The number of halogens is 2. The Bertz CT molecular complexity index is 1240. The Hall–Kier alpha value is -2.45. The van der Waals surface area contributed by atoms with Crippen LogP contribution in [-0.2, 0) is 22.0 Å². The lowest BCUT2D eigenvalue weighted by Gasteiger charge is -2.11. The maximum atomic E-state index is 11.7. The number of carbonyl (C=O) groups is 1. The summed E-state index contributed by atoms with van der Waals surface area (Å²) in [5, 5.41) is 11.1. The van der Waals surface area contributed by atoms with E-state index in [1.165, 1.54) is 7.11 Å². The second-order valence-corrected chi connectivity index (χ2v) is 9.98. The van der Waals surface area contributed by atoms with Crippen molar-refractivity contribution in [2.24, 2.45) is 0 Å². The molecule has 0 spiro atoms. The number of rotatable bonds is 9. The molecule has 0 unspecified atom stereocenters. The number of hydrogen-bond acceptors (Lipinski definition) is 6. The van der Waals surface area contributed by atoms with Gasteiger partial charge < -0.3 is 4.74 Å². The van der Waals surface area contributed by atoms with Crippen molar-refractivity contribution in [1.29, 1.82) is 0 Å². The molecule has 0 fully saturated rings. The molecule has 0 atom stereocenters. The third-order valence-corrected chi connectivity index (χ3v) is 7.66. The first kappa shape index (κ1) is 24.7. The molecule has 4 aromatic rings. The van der Waals surface area contributed by atoms with Gasteiger partial charge in [0.15, 0.2) is 5.16 Å². The van der Waals surface area contributed by atoms with Gasteiger partial charge in [-0.1, -0.05) is 71.4 Å². The summed E-state index contributed by atoms with van der Waals surface area (Å²) in [5.41, 5.74) is 3.53. The van der Waals surface area contributed by atoms with Crippen molar-refractivity contribution in [2.75, 3.05) is 7.11 Å². The summed E-state index contributed by atoms with van der Waals surface area (Å²) in [4.78, 5) is 11.7. The van der Waals surface area contributed by atoms with Crippen LogP contribution in [0.4, 0.5) is 0 Å². The Balaban J connectivity index is 1.50. The van der Waals surface area contributed by atoms with Gasteiger partial charge in [0.1, 0.15) is 5.82 Å². The average molecular weight is 531 g/mol. The maximum absolute atomic E-state index is 11.7. The molecule has 0 saturated heterocycles. The van der Waals surface area contributed by atoms with E-state index in [0.717, 1.165) is 27.8 Å². The first-order valence-electron chi connectivity index (χ1n) is 10.4. The molecule has 4 rings (SSSR count). The second kappa shape index (κ2) is 11.8. The Morgan fingerprint density at radius 2 is 1.59 bits per heavy atom. The van der Waals surface area contributed by atoms with Crippen LogP contribution >= 0.6 is 46.7 Å². The topological polar surface area (TPSA) is 57.0 Å². The normalized spacial score (nSPS) is 10.9. The number of carbonyl (C=O) groups excluding carboxylic acids is 1. The van der Waals surface area contributed by atoms with Crippen LogP contribution in [0, 0.1) is 0 Å². The SMILES string of the molecule is COC(=O)c1ccc(CSc2nnc(CSCc3c(Cl)cccc3Cl)n2-c2ccccc2)cc1. The van der Waals surface area contributed by atoms with Gasteiger partial charge >= 0.3 is 5.97 Å². The summed E-state index contributed by atoms with van der Waals surface area (Å²) >= 11 is 15.9. The molecule has 0 saturated carbocycles. The minimum absolute atomic E-state index is 0.344. The minimum atomic E-state index is -0.344. The van der Waals surface area contributed by atoms with Gasteiger partial charge in [-0.3, -0.25) is 4.57 Å². The predicted molar refractivity (Wildman–Crippen MR) is 140 cm³/mol. The van der Waals surface area contributed by atoms with E-state index < -0.39 is 0 Å². The highest BCUT2D eigenvalue weighted by atomic mass is 35.5. The van der Waals surface area contributed by atoms with E-state index in [1.54, 1.807) is 35.7 Å². The number of para-hydroxylation sites is 1. The second-order valence-electron chi connectivity index (χ2n) is 7.24. The van der Waals surface area contributed by atoms with Crippen molar-refractivity contribution in [3.63, 3.8) is 0 Å². The zero-order valence-electron chi connectivity index (χ0n) is 18.3. The van der Waals surface area contributed by atoms with Gasteiger partial charge in [-0.25, -0.2) is 4.79 Å². The van der Waals surface area contributed by atoms with Crippen LogP contribution < -0.4 is 0 Å². The fourth-order valence-corrected chi connectivity index (χ4v) is 5.84. The largest absolute Gasteiger partial charge is 0.465 e. The van der Waals surface area contributed by atoms with Crippen LogP contribution in [0.1, 0.15) is 27.3 Å². The quantitative estimate of drug-likeness (QED) is 0.170. The summed E-state index contributed by atoms with van der Waals surface area (Å²) < 4.78 is 6.84. The fourth-order valence-electron chi connectivity index (χ4n) is 3.24. The first-order chi connectivity index (χ1) is 16.6. The summed E-state index contributed by atoms with van der Waals surface area (Å²) in [6, 6.07) is 23.0. The average Bonchev–Trinajstić information content (AvgIpc) is 3.27. The summed E-state index contributed by atoms with van der Waals surface area (Å²) in [5.74, 6) is 2.52. The van der Waals surface area contributed by atoms with Crippen molar-refractivity contribution < 1.29 is 9.53 Å². The van der Waals surface area contributed by atoms with E-state index in [-0.39, 0.29) is 5.97 Å². The van der Waals surface area contributed by atoms with Crippen molar-refractivity contribution in [3.8, 4) is 5.69 Å². The number of methoxy groups -OCH3 is 1. The zero-order valence-corrected chi connectivity index (χ0v) is 21.4. The molecule has 34 heavy (non-hydrogen) atoms. The third-order valence-electron chi connectivity index (χ3n) is 5.00. The van der Waals surface area contributed by atoms with Gasteiger partial charge in [0.2, 0.25) is 0 Å². The molecule has 174 valence electrons. The summed E-state index contributed by atoms with van der Waals surface area (Å²) in [6.45, 7) is 0. The molecule has 0 aliphatic heterocycles. The number of benzene rings is 3. The molecule has 0 amide bonds. The summed E-state index contributed by atoms with van der Waals surface area (Å²) in [6.07, 6.45) is 0. The predicted octanol–water partition coefficient (Wildman–Crippen LogP) is 7.09. The van der Waals surface area contributed by atoms with Crippen LogP contribution in [0.3, 0.4) is 0 Å². The van der Waals surface area contributed by atoms with Gasteiger partial charge in [0, 0.05) is 27.2 Å². The molecule has 0 radical (unpaired) electrons. The molecule has 0 N–H and O–H groups in total. The van der Waals surface area contributed by atoms with Crippen LogP contribution in [0.25, 0.3) is 5.69 Å². The van der Waals surface area contributed by atoms with Crippen molar-refractivity contribution >= 4 is 52.7 Å². The lowest BCUT2D eigenvalue weighted by molar-refractivity contribution is 0.0600. The molecule has 3 aromatic carbocycles. The number of nitrogens with zero attached hydrogens (tertiary/aromatic N) is 3. The van der Waals surface area contributed by atoms with Gasteiger partial charge in [0.25, 0.3) is 0 Å². The number of thioether (sulfide) groups is 2. The molecule has 0 bridgehead atoms. The molecule has 9 heteroatoms. The molecule has 1 heterocycles. The molecule has 5 nitrogen and oxygen atoms in total. The van der Waals surface area contributed by atoms with E-state index in [2.05, 4.69) is 14.8 Å². The van der Waals surface area contributed by atoms with Crippen molar-refractivity contribution in [1.82, 2.24) is 14.8 Å². The van der Waals surface area contributed by atoms with E-state index in [1.807, 2.05) is 60.7 Å². The molecule has 1 aromatic heterocycles. The highest BCUT2D eigenvalue weighted by Gasteiger charge is 2.16. The monoisotopic (exact) mass is 529 g/mol. The van der Waals surface area contributed by atoms with E-state index in [4.69, 9.17) is 27.9 Å². The van der Waals surface area contributed by atoms with Crippen LogP contribution in [-0.4, -0.2) is 27.8 Å².